The maximum atomic E-state index is 13.2. The van der Waals surface area contributed by atoms with Crippen LogP contribution in [0.25, 0.3) is 12.2 Å². The Labute approximate surface area is 681 Å². The van der Waals surface area contributed by atoms with Crippen molar-refractivity contribution in [1.82, 2.24) is 9.80 Å². The van der Waals surface area contributed by atoms with E-state index in [2.05, 4.69) is 143 Å². The number of likely N-dealkylation sites (N-methyl/N-ethyl adjacent to an activating group) is 3. The summed E-state index contributed by atoms with van der Waals surface area (Å²) in [5.74, 6) is 0.286. The number of carbonyl (C=O) groups is 5. The number of carbonyl (C=O) groups excluding carboxylic acids is 5. The predicted octanol–water partition coefficient (Wildman–Crippen LogP) is 18.6. The molecule has 6 heterocycles. The molecule has 8 aromatic carbocycles. The summed E-state index contributed by atoms with van der Waals surface area (Å²) in [4.78, 5) is 75.5. The van der Waals surface area contributed by atoms with Crippen molar-refractivity contribution in [3.05, 3.63) is 287 Å². The predicted molar refractivity (Wildman–Crippen MR) is 480 cm³/mol. The first-order chi connectivity index (χ1) is 53.6. The van der Waals surface area contributed by atoms with E-state index in [1.807, 2.05) is 239 Å². The van der Waals surface area contributed by atoms with E-state index in [1.165, 1.54) is 53.4 Å². The molecule has 5 amide bonds. The van der Waals surface area contributed by atoms with Crippen molar-refractivity contribution < 1.29 is 28.7 Å². The number of amidine groups is 2. The second-order valence-corrected chi connectivity index (χ2v) is 27.4. The molecule has 0 radical (unpaired) electrons. The molecule has 8 aromatic rings. The lowest BCUT2D eigenvalue weighted by Gasteiger charge is -2.26. The monoisotopic (exact) mass is 1550 g/mol. The minimum absolute atomic E-state index is 0. The zero-order chi connectivity index (χ0) is 79.0. The standard InChI is InChI=1S/C25H28N4O.C22H26N4O.C22H25N3O2.C21H18N4O2.4CH4/c1-6-28-21-15-11-10-14-20(21)25(2,3)22(28)17-16-19-23(27(4)5)26-29(24(19)30)18-12-8-7-9-13-18;1-5-25(6-2)18-14-12-17(13-15-18)16-20-21(24(3)4)23-26(22(20)27)19-10-8-7-9-11-19;1-4-24(5-2)18-14-12-17(13-15-18)16-20-21(27-6-3)23-25(22(20)26)19-10-8-7-9-11-19;1-14-18(20(26)24(22-14)16-9-5-3-6-10-16)13-19-15(2)23-25(21(19)27)17-11-7-4-8-12-17;;;;/h7-17H,6H2,1-5H3;7-16H,5-6H2,1-4H3;7-16H,4-6H2,1-3H3;3-13,18H,1-2H3;4*1H4/b19-16+,22-17-;2*20-16-;19-13-;;;;. The number of hydrogen-bond donors (Lipinski definition) is 0. The minimum atomic E-state index is -0.579. The number of allylic oxidation sites excluding steroid dienone is 3. The van der Waals surface area contributed by atoms with Crippen molar-refractivity contribution in [2.24, 2.45) is 31.4 Å². The molecule has 0 bridgehead atoms. The molecule has 6 aliphatic heterocycles. The molecular weight excluding hydrogens is 1440 g/mol. The van der Waals surface area contributed by atoms with Gasteiger partial charge in [-0.1, -0.05) is 183 Å². The fraction of sp³-hybridized carbons (Fsp3) is 0.277. The zero-order valence-corrected chi connectivity index (χ0v) is 65.7. The van der Waals surface area contributed by atoms with Gasteiger partial charge in [0.15, 0.2) is 11.7 Å². The summed E-state index contributed by atoms with van der Waals surface area (Å²) < 4.78 is 5.62. The Hall–Kier alpha value is -13.0. The molecule has 6 aliphatic rings. The summed E-state index contributed by atoms with van der Waals surface area (Å²) in [6.07, 6.45) is 9.44. The van der Waals surface area contributed by atoms with Crippen LogP contribution >= 0.6 is 0 Å². The molecule has 0 aliphatic carbocycles. The molecule has 115 heavy (non-hydrogen) atoms. The highest BCUT2D eigenvalue weighted by Crippen LogP contribution is 2.48. The van der Waals surface area contributed by atoms with E-state index in [4.69, 9.17) is 4.74 Å². The Morgan fingerprint density at radius 2 is 0.774 bits per heavy atom. The normalized spacial score (nSPS) is 17.4. The van der Waals surface area contributed by atoms with E-state index in [1.54, 1.807) is 19.9 Å². The van der Waals surface area contributed by atoms with Crippen molar-refractivity contribution in [2.75, 3.05) is 107 Å². The van der Waals surface area contributed by atoms with Gasteiger partial charge < -0.3 is 29.2 Å². The Morgan fingerprint density at radius 3 is 1.19 bits per heavy atom. The third-order valence-corrected chi connectivity index (χ3v) is 19.5. The molecule has 1 unspecified atom stereocenters. The van der Waals surface area contributed by atoms with E-state index in [0.717, 1.165) is 60.9 Å². The van der Waals surface area contributed by atoms with Crippen LogP contribution in [0.4, 0.5) is 45.5 Å². The Morgan fingerprint density at radius 1 is 0.409 bits per heavy atom. The van der Waals surface area contributed by atoms with Crippen molar-refractivity contribution in [2.45, 2.75) is 104 Å². The smallest absolute Gasteiger partial charge is 0.284 e. The van der Waals surface area contributed by atoms with Crippen LogP contribution in [0.1, 0.15) is 116 Å². The van der Waals surface area contributed by atoms with Crippen LogP contribution in [0.2, 0.25) is 0 Å². The minimum Gasteiger partial charge on any atom is -0.476 e. The third-order valence-electron chi connectivity index (χ3n) is 19.5. The molecule has 0 saturated heterocycles. The number of hydrazone groups is 5. The molecule has 21 heteroatoms. The second kappa shape index (κ2) is 40.4. The number of benzene rings is 8. The highest BCUT2D eigenvalue weighted by molar-refractivity contribution is 6.33. The van der Waals surface area contributed by atoms with Crippen LogP contribution in [-0.2, 0) is 34.1 Å². The number of para-hydroxylation sites is 6. The summed E-state index contributed by atoms with van der Waals surface area (Å²) in [5, 5.41) is 29.3. The van der Waals surface area contributed by atoms with Gasteiger partial charge in [0.05, 0.1) is 69.1 Å². The summed E-state index contributed by atoms with van der Waals surface area (Å²) >= 11 is 0. The number of nitrogens with zero attached hydrogens (tertiary/aromatic N) is 15. The van der Waals surface area contributed by atoms with Crippen LogP contribution in [0.5, 0.6) is 0 Å². The van der Waals surface area contributed by atoms with Crippen molar-refractivity contribution in [3.63, 3.8) is 0 Å². The number of ether oxygens (including phenoxy) is 1. The average Bonchev–Trinajstić information content (AvgIpc) is 1.59. The van der Waals surface area contributed by atoms with Gasteiger partial charge >= 0.3 is 0 Å². The fourth-order valence-electron chi connectivity index (χ4n) is 13.6. The molecule has 14 rings (SSSR count). The highest BCUT2D eigenvalue weighted by atomic mass is 16.5. The molecular formula is C94H113N15O6. The first kappa shape index (κ1) is 89.2. The van der Waals surface area contributed by atoms with E-state index in [9.17, 15) is 24.0 Å². The van der Waals surface area contributed by atoms with Crippen molar-refractivity contribution >= 4 is 116 Å². The highest BCUT2D eigenvalue weighted by Gasteiger charge is 2.41. The van der Waals surface area contributed by atoms with Crippen LogP contribution in [0.3, 0.4) is 0 Å². The van der Waals surface area contributed by atoms with Crippen LogP contribution in [0, 0.1) is 5.92 Å². The molecule has 0 saturated carbocycles. The summed E-state index contributed by atoms with van der Waals surface area (Å²) in [7, 11) is 7.63. The van der Waals surface area contributed by atoms with Gasteiger partial charge in [0.2, 0.25) is 5.90 Å². The number of amides is 5. The van der Waals surface area contributed by atoms with Crippen molar-refractivity contribution in [3.8, 4) is 0 Å². The first-order valence-electron chi connectivity index (χ1n) is 37.6. The molecule has 600 valence electrons. The van der Waals surface area contributed by atoms with E-state index >= 15 is 0 Å². The largest absolute Gasteiger partial charge is 0.476 e. The summed E-state index contributed by atoms with van der Waals surface area (Å²) in [6, 6.07) is 71.9. The average molecular weight is 1550 g/mol. The molecule has 1 atom stereocenters. The number of rotatable bonds is 17. The number of anilines is 8. The van der Waals surface area contributed by atoms with Crippen LogP contribution in [-0.4, -0.2) is 136 Å². The van der Waals surface area contributed by atoms with Gasteiger partial charge in [0, 0.05) is 89.1 Å². The van der Waals surface area contributed by atoms with Gasteiger partial charge in [-0.25, -0.2) is 0 Å². The lowest BCUT2D eigenvalue weighted by Crippen LogP contribution is -2.27. The summed E-state index contributed by atoms with van der Waals surface area (Å²) in [6.45, 7) is 25.8. The quantitative estimate of drug-likeness (QED) is 0.0789. The lowest BCUT2D eigenvalue weighted by molar-refractivity contribution is -0.119. The second-order valence-electron chi connectivity index (χ2n) is 27.4. The number of fused-ring (bicyclic) bond motifs is 1. The molecule has 0 aromatic heterocycles. The van der Waals surface area contributed by atoms with Gasteiger partial charge in [0.1, 0.15) is 5.57 Å². The first-order valence-corrected chi connectivity index (χ1v) is 37.6. The van der Waals surface area contributed by atoms with Crippen LogP contribution < -0.4 is 39.7 Å². The topological polar surface area (TPSA) is 189 Å². The van der Waals surface area contributed by atoms with Gasteiger partial charge in [-0.2, -0.15) is 35.2 Å². The van der Waals surface area contributed by atoms with Gasteiger partial charge in [-0.3, -0.25) is 24.0 Å². The third kappa shape index (κ3) is 19.7. The van der Waals surface area contributed by atoms with Gasteiger partial charge in [-0.15, -0.1) is 15.3 Å². The van der Waals surface area contributed by atoms with Gasteiger partial charge in [0.25, 0.3) is 29.5 Å². The molecule has 21 nitrogen and oxygen atoms in total. The van der Waals surface area contributed by atoms with Crippen LogP contribution in [0.15, 0.2) is 296 Å². The number of hydrogen-bond acceptors (Lipinski definition) is 16. The molecule has 0 spiro atoms. The molecule has 0 N–H and O–H groups in total. The maximum Gasteiger partial charge on any atom is 0.284 e. The van der Waals surface area contributed by atoms with E-state index < -0.39 is 5.92 Å². The molecule has 0 fully saturated rings. The lowest BCUT2D eigenvalue weighted by atomic mass is 9.83. The maximum absolute atomic E-state index is 13.2. The van der Waals surface area contributed by atoms with E-state index in [-0.39, 0.29) is 64.7 Å². The Bertz CT molecular complexity index is 5000. The van der Waals surface area contributed by atoms with E-state index in [0.29, 0.717) is 69.3 Å². The SMILES string of the molecule is C.C.C.C.CC1=NN(c2ccccc2)C(=O)/C1=C\C1C(=O)N(c2ccccc2)N=C1C.CCN(CC)c1ccc(/C=C2\C(=O)N(c3ccccc3)N=C2N(C)C)cc1.CCN1/C(=C\C=C2\C(=O)N(c3ccccc3)N=C2N(C)C)C(C)(C)c2ccccc21.CCOC1=NN(c2ccccc2)C(=O)/C1=C\c1ccc(N(CC)CC)cc1. The van der Waals surface area contributed by atoms with Gasteiger partial charge in [-0.05, 0) is 187 Å². The summed E-state index contributed by atoms with van der Waals surface area (Å²) in [5.41, 5.74) is 14.9. The zero-order valence-electron chi connectivity index (χ0n) is 65.7. The Balaban J connectivity index is 0.000000210. The Kier molecular flexibility index (Phi) is 31.3. The van der Waals surface area contributed by atoms with Crippen molar-refractivity contribution in [1.29, 1.82) is 0 Å². The fourth-order valence-corrected chi connectivity index (χ4v) is 13.6.